The van der Waals surface area contributed by atoms with Crippen LogP contribution >= 0.6 is 23.2 Å². The monoisotopic (exact) mass is 555 g/mol. The Hall–Kier alpha value is -4.13. The lowest BCUT2D eigenvalue weighted by Gasteiger charge is -2.33. The Morgan fingerprint density at radius 1 is 1.08 bits per heavy atom. The number of hydrogen-bond acceptors (Lipinski definition) is 11. The third-order valence-corrected chi connectivity index (χ3v) is 6.88. The number of aromatic nitrogens is 6. The number of rotatable bonds is 6. The van der Waals surface area contributed by atoms with Crippen LogP contribution in [0.15, 0.2) is 30.5 Å². The number of aliphatic hydroxyl groups excluding tert-OH is 1. The topological polar surface area (TPSA) is 149 Å². The maximum atomic E-state index is 11.2. The summed E-state index contributed by atoms with van der Waals surface area (Å²) in [7, 11) is 6.42. The molecular weight excluding hydrogens is 533 g/mol. The highest BCUT2D eigenvalue weighted by molar-refractivity contribution is 6.40. The number of fused-ring (bicyclic) bond motifs is 1. The molecule has 196 valence electrons. The van der Waals surface area contributed by atoms with E-state index >= 15 is 0 Å². The summed E-state index contributed by atoms with van der Waals surface area (Å²) in [4.78, 5) is 10.6. The first kappa shape index (κ1) is 25.5. The van der Waals surface area contributed by atoms with Gasteiger partial charge >= 0.3 is 0 Å². The van der Waals surface area contributed by atoms with Crippen molar-refractivity contribution in [3.63, 3.8) is 0 Å². The van der Waals surface area contributed by atoms with E-state index < -0.39 is 6.23 Å². The number of nitrogens with one attached hydrogen (secondary N) is 1. The molecular formula is C24H23Cl2N9O3. The van der Waals surface area contributed by atoms with Crippen LogP contribution in [-0.2, 0) is 7.05 Å². The van der Waals surface area contributed by atoms with Crippen molar-refractivity contribution >= 4 is 58.0 Å². The predicted molar refractivity (Wildman–Crippen MR) is 146 cm³/mol. The number of likely N-dealkylation sites (N-methyl/N-ethyl adjacent to an activating group) is 1. The van der Waals surface area contributed by atoms with Gasteiger partial charge in [-0.15, -0.1) is 5.10 Å². The largest absolute Gasteiger partial charge is 0.495 e. The fourth-order valence-corrected chi connectivity index (χ4v) is 4.86. The molecule has 2 aromatic carbocycles. The summed E-state index contributed by atoms with van der Waals surface area (Å²) in [5.74, 6) is 2.08. The SMILES string of the molecule is COc1cc(OC)c(Cl)c(C2=Cc3cnc(Nc4ccc(-c5nnnn5C)cc4N)nc3N(C)C2O)c1Cl. The molecule has 0 fully saturated rings. The number of nitrogen functional groups attached to an aromatic ring is 1. The van der Waals surface area contributed by atoms with Gasteiger partial charge in [0.05, 0.1) is 35.6 Å². The Kier molecular flexibility index (Phi) is 6.69. The number of nitrogens with zero attached hydrogens (tertiary/aromatic N) is 7. The molecule has 0 spiro atoms. The van der Waals surface area contributed by atoms with Crippen molar-refractivity contribution in [2.45, 2.75) is 6.23 Å². The van der Waals surface area contributed by atoms with E-state index in [-0.39, 0.29) is 10.0 Å². The molecule has 0 saturated carbocycles. The maximum absolute atomic E-state index is 11.2. The Labute approximate surface area is 227 Å². The summed E-state index contributed by atoms with van der Waals surface area (Å²) < 4.78 is 12.3. The molecule has 0 radical (unpaired) electrons. The normalized spacial score (nSPS) is 14.7. The van der Waals surface area contributed by atoms with Gasteiger partial charge in [-0.2, -0.15) is 4.98 Å². The molecule has 1 unspecified atom stereocenters. The zero-order valence-electron chi connectivity index (χ0n) is 20.8. The molecule has 4 N–H and O–H groups in total. The second-order valence-corrected chi connectivity index (χ2v) is 9.15. The van der Waals surface area contributed by atoms with Gasteiger partial charge in [0.1, 0.15) is 17.3 Å². The second-order valence-electron chi connectivity index (χ2n) is 8.39. The molecule has 0 amide bonds. The second kappa shape index (κ2) is 9.97. The van der Waals surface area contributed by atoms with Crippen LogP contribution in [0.1, 0.15) is 11.1 Å². The molecule has 38 heavy (non-hydrogen) atoms. The van der Waals surface area contributed by atoms with Gasteiger partial charge in [-0.3, -0.25) is 0 Å². The minimum absolute atomic E-state index is 0.246. The van der Waals surface area contributed by atoms with E-state index in [1.165, 1.54) is 14.2 Å². The Bertz CT molecular complexity index is 1550. The van der Waals surface area contributed by atoms with Crippen LogP contribution in [0.3, 0.4) is 0 Å². The van der Waals surface area contributed by atoms with Gasteiger partial charge in [0.15, 0.2) is 12.1 Å². The Morgan fingerprint density at radius 3 is 2.39 bits per heavy atom. The molecule has 0 bridgehead atoms. The molecule has 14 heteroatoms. The predicted octanol–water partition coefficient (Wildman–Crippen LogP) is 3.63. The van der Waals surface area contributed by atoms with Crippen LogP contribution in [0.2, 0.25) is 10.0 Å². The first-order valence-corrected chi connectivity index (χ1v) is 12.0. The van der Waals surface area contributed by atoms with E-state index in [9.17, 15) is 5.11 Å². The van der Waals surface area contributed by atoms with Crippen molar-refractivity contribution in [1.29, 1.82) is 0 Å². The Morgan fingerprint density at radius 2 is 1.79 bits per heavy atom. The molecule has 0 aliphatic carbocycles. The van der Waals surface area contributed by atoms with Gasteiger partial charge in [-0.05, 0) is 34.7 Å². The third kappa shape index (κ3) is 4.32. The number of ether oxygens (including phenoxy) is 2. The quantitative estimate of drug-likeness (QED) is 0.299. The summed E-state index contributed by atoms with van der Waals surface area (Å²) in [5.41, 5.74) is 9.56. The van der Waals surface area contributed by atoms with Gasteiger partial charge in [0, 0.05) is 48.6 Å². The van der Waals surface area contributed by atoms with E-state index in [4.69, 9.17) is 38.4 Å². The first-order chi connectivity index (χ1) is 18.2. The average molecular weight is 556 g/mol. The van der Waals surface area contributed by atoms with E-state index in [2.05, 4.69) is 30.8 Å². The highest BCUT2D eigenvalue weighted by Gasteiger charge is 2.31. The lowest BCUT2D eigenvalue weighted by atomic mass is 9.97. The van der Waals surface area contributed by atoms with E-state index in [0.717, 1.165) is 5.56 Å². The van der Waals surface area contributed by atoms with Crippen LogP contribution in [-0.4, -0.2) is 62.8 Å². The molecule has 12 nitrogen and oxygen atoms in total. The average Bonchev–Trinajstić information content (AvgIpc) is 3.34. The molecule has 0 saturated heterocycles. The molecule has 3 heterocycles. The van der Waals surface area contributed by atoms with Crippen molar-refractivity contribution in [3.8, 4) is 22.9 Å². The maximum Gasteiger partial charge on any atom is 0.229 e. The summed E-state index contributed by atoms with van der Waals surface area (Å²) in [5, 5.41) is 26.3. The number of tetrazole rings is 1. The van der Waals surface area contributed by atoms with Gasteiger partial charge in [-0.1, -0.05) is 23.2 Å². The Balaban J connectivity index is 1.50. The minimum Gasteiger partial charge on any atom is -0.495 e. The zero-order chi connectivity index (χ0) is 27.1. The highest BCUT2D eigenvalue weighted by Crippen LogP contribution is 2.47. The number of aliphatic hydroxyl groups is 1. The fraction of sp³-hybridized carbons (Fsp3) is 0.208. The van der Waals surface area contributed by atoms with Crippen molar-refractivity contribution < 1.29 is 14.6 Å². The summed E-state index contributed by atoms with van der Waals surface area (Å²) >= 11 is 13.2. The molecule has 5 rings (SSSR count). The molecule has 2 aromatic heterocycles. The number of nitrogens with two attached hydrogens (primary N) is 1. The number of benzene rings is 2. The molecule has 1 atom stereocenters. The zero-order valence-corrected chi connectivity index (χ0v) is 22.3. The van der Waals surface area contributed by atoms with Crippen molar-refractivity contribution in [2.75, 3.05) is 37.2 Å². The van der Waals surface area contributed by atoms with Crippen molar-refractivity contribution in [3.05, 3.63) is 51.6 Å². The number of halogens is 2. The van der Waals surface area contributed by atoms with Gasteiger partial charge in [0.25, 0.3) is 0 Å². The van der Waals surface area contributed by atoms with Crippen LogP contribution in [0.4, 0.5) is 23.1 Å². The number of anilines is 4. The standard InChI is InChI=1S/C24H23Cl2N9O3/c1-34-21-12(7-13(23(34)36)18-19(25)16(37-3)9-17(38-4)20(18)26)10-28-24(30-21)29-15-6-5-11(8-14(15)27)22-31-32-33-35(22)2/h5-10,23,36H,27H2,1-4H3,(H,28,29,30). The molecule has 4 aromatic rings. The van der Waals surface area contributed by atoms with Crippen LogP contribution < -0.4 is 25.4 Å². The van der Waals surface area contributed by atoms with Gasteiger partial charge in [-0.25, -0.2) is 9.67 Å². The number of methoxy groups -OCH3 is 2. The van der Waals surface area contributed by atoms with Crippen LogP contribution in [0.25, 0.3) is 23.0 Å². The summed E-state index contributed by atoms with van der Waals surface area (Å²) in [6, 6.07) is 6.97. The lowest BCUT2D eigenvalue weighted by Crippen LogP contribution is -2.36. The van der Waals surface area contributed by atoms with Gasteiger partial charge in [0.2, 0.25) is 5.95 Å². The van der Waals surface area contributed by atoms with Gasteiger partial charge < -0.3 is 30.5 Å². The smallest absolute Gasteiger partial charge is 0.229 e. The molecule has 1 aliphatic rings. The fourth-order valence-electron chi connectivity index (χ4n) is 4.14. The lowest BCUT2D eigenvalue weighted by molar-refractivity contribution is 0.231. The molecule has 1 aliphatic heterocycles. The van der Waals surface area contributed by atoms with Crippen LogP contribution in [0.5, 0.6) is 11.5 Å². The van der Waals surface area contributed by atoms with Crippen LogP contribution in [0, 0.1) is 0 Å². The van der Waals surface area contributed by atoms with E-state index in [1.807, 2.05) is 6.07 Å². The third-order valence-electron chi connectivity index (χ3n) is 6.12. The first-order valence-electron chi connectivity index (χ1n) is 11.2. The van der Waals surface area contributed by atoms with Crippen molar-refractivity contribution in [1.82, 2.24) is 30.2 Å². The number of hydrogen-bond donors (Lipinski definition) is 3. The highest BCUT2D eigenvalue weighted by atomic mass is 35.5. The number of aryl methyl sites for hydroxylation is 1. The minimum atomic E-state index is -1.12. The summed E-state index contributed by atoms with van der Waals surface area (Å²) in [6.07, 6.45) is 2.23. The summed E-state index contributed by atoms with van der Waals surface area (Å²) in [6.45, 7) is 0. The van der Waals surface area contributed by atoms with Crippen molar-refractivity contribution in [2.24, 2.45) is 7.05 Å². The van der Waals surface area contributed by atoms with E-state index in [1.54, 1.807) is 54.1 Å². The van der Waals surface area contributed by atoms with E-state index in [0.29, 0.717) is 57.2 Å².